The zero-order chi connectivity index (χ0) is 13.3. The molecule has 0 amide bonds. The Labute approximate surface area is 111 Å². The normalized spacial score (nSPS) is 9.26. The van der Waals surface area contributed by atoms with E-state index in [-0.39, 0.29) is 0 Å². The Morgan fingerprint density at radius 3 is 2.42 bits per heavy atom. The Morgan fingerprint density at radius 1 is 1.05 bits per heavy atom. The third-order valence-electron chi connectivity index (χ3n) is 2.33. The van der Waals surface area contributed by atoms with E-state index in [2.05, 4.69) is 32.0 Å². The highest BCUT2D eigenvalue weighted by atomic mass is 15.3. The van der Waals surface area contributed by atoms with Crippen LogP contribution in [0.5, 0.6) is 0 Å². The van der Waals surface area contributed by atoms with Crippen LogP contribution in [0.4, 0.5) is 0 Å². The Bertz CT molecular complexity index is 532. The molecule has 0 radical (unpaired) electrons. The van der Waals surface area contributed by atoms with E-state index < -0.39 is 0 Å². The fourth-order valence-electron chi connectivity index (χ4n) is 1.41. The minimum absolute atomic E-state index is 0.818. The fourth-order valence-corrected chi connectivity index (χ4v) is 1.41. The zero-order valence-electron chi connectivity index (χ0n) is 10.3. The van der Waals surface area contributed by atoms with Gasteiger partial charge < -0.3 is 0 Å². The molecule has 0 spiro atoms. The number of benzene rings is 1. The van der Waals surface area contributed by atoms with Gasteiger partial charge in [-0.25, -0.2) is 0 Å². The predicted octanol–water partition coefficient (Wildman–Crippen LogP) is 2.34. The van der Waals surface area contributed by atoms with Crippen molar-refractivity contribution in [3.05, 3.63) is 79.2 Å². The first-order valence-corrected chi connectivity index (χ1v) is 5.69. The molecule has 3 aromatic rings. The average molecular weight is 251 g/mol. The van der Waals surface area contributed by atoms with Gasteiger partial charge in [0.25, 0.3) is 0 Å². The third kappa shape index (κ3) is 3.85. The van der Waals surface area contributed by atoms with Crippen LogP contribution in [0.2, 0.25) is 0 Å². The maximum atomic E-state index is 4.19. The second-order valence-electron chi connectivity index (χ2n) is 3.60. The monoisotopic (exact) mass is 251 g/mol. The second kappa shape index (κ2) is 6.80. The summed E-state index contributed by atoms with van der Waals surface area (Å²) in [5.74, 6) is 0. The molecular weight excluding hydrogens is 238 g/mol. The molecule has 0 bridgehead atoms. The molecular formula is C14H13N5. The third-order valence-corrected chi connectivity index (χ3v) is 2.33. The van der Waals surface area contributed by atoms with Crippen LogP contribution >= 0.6 is 0 Å². The van der Waals surface area contributed by atoms with Crippen molar-refractivity contribution in [3.63, 3.8) is 0 Å². The molecule has 2 aromatic heterocycles. The molecule has 0 atom stereocenters. The lowest BCUT2D eigenvalue weighted by molar-refractivity contribution is 0.940. The standard InChI is InChI=1S/C12H10N2.C2H3N3/c1-10(11-5-3-2-4-6-11)12-9-13-7-8-14-12;1-2-4-5-3-1/h2-9H,1H2;1-2H,(H,3,4,5). The molecule has 5 heteroatoms. The summed E-state index contributed by atoms with van der Waals surface area (Å²) in [6.45, 7) is 3.99. The van der Waals surface area contributed by atoms with E-state index in [9.17, 15) is 0 Å². The van der Waals surface area contributed by atoms with E-state index in [0.717, 1.165) is 16.8 Å². The van der Waals surface area contributed by atoms with Crippen LogP contribution in [0.3, 0.4) is 0 Å². The molecule has 94 valence electrons. The van der Waals surface area contributed by atoms with E-state index in [1.807, 2.05) is 30.3 Å². The predicted molar refractivity (Wildman–Crippen MR) is 73.0 cm³/mol. The Hall–Kier alpha value is -2.82. The minimum Gasteiger partial charge on any atom is -0.266 e. The lowest BCUT2D eigenvalue weighted by Crippen LogP contribution is -1.90. The van der Waals surface area contributed by atoms with Gasteiger partial charge in [-0.1, -0.05) is 42.1 Å². The molecule has 0 saturated carbocycles. The van der Waals surface area contributed by atoms with Crippen LogP contribution in [-0.4, -0.2) is 25.4 Å². The average Bonchev–Trinajstić information content (AvgIpc) is 3.08. The van der Waals surface area contributed by atoms with E-state index >= 15 is 0 Å². The second-order valence-corrected chi connectivity index (χ2v) is 3.60. The minimum atomic E-state index is 0.818. The first kappa shape index (κ1) is 12.6. The lowest BCUT2D eigenvalue weighted by atomic mass is 10.1. The molecule has 0 aliphatic carbocycles. The van der Waals surface area contributed by atoms with Gasteiger partial charge >= 0.3 is 0 Å². The molecule has 19 heavy (non-hydrogen) atoms. The van der Waals surface area contributed by atoms with Crippen molar-refractivity contribution in [1.82, 2.24) is 25.4 Å². The number of aromatic amines is 1. The van der Waals surface area contributed by atoms with Crippen LogP contribution in [0.15, 0.2) is 67.9 Å². The highest BCUT2D eigenvalue weighted by Gasteiger charge is 2.01. The summed E-state index contributed by atoms with van der Waals surface area (Å²) in [5, 5.41) is 9.26. The van der Waals surface area contributed by atoms with E-state index in [0.29, 0.717) is 0 Å². The van der Waals surface area contributed by atoms with Crippen molar-refractivity contribution in [2.75, 3.05) is 0 Å². The SMILES string of the molecule is C=C(c1ccccc1)c1cnccn1.c1c[nH]nn1. The number of nitrogens with zero attached hydrogens (tertiary/aromatic N) is 4. The summed E-state index contributed by atoms with van der Waals surface area (Å²) in [6.07, 6.45) is 8.28. The number of hydrogen-bond donors (Lipinski definition) is 1. The van der Waals surface area contributed by atoms with Gasteiger partial charge in [-0.15, -0.1) is 5.10 Å². The first-order valence-electron chi connectivity index (χ1n) is 5.69. The summed E-state index contributed by atoms with van der Waals surface area (Å²) in [4.78, 5) is 8.20. The van der Waals surface area contributed by atoms with E-state index in [1.54, 1.807) is 31.0 Å². The van der Waals surface area contributed by atoms with Crippen LogP contribution < -0.4 is 0 Å². The molecule has 0 aliphatic heterocycles. The molecule has 0 aliphatic rings. The van der Waals surface area contributed by atoms with Gasteiger partial charge in [0.2, 0.25) is 0 Å². The van der Waals surface area contributed by atoms with Crippen molar-refractivity contribution in [2.24, 2.45) is 0 Å². The number of aromatic nitrogens is 5. The summed E-state index contributed by atoms with van der Waals surface area (Å²) in [6, 6.07) is 9.97. The largest absolute Gasteiger partial charge is 0.266 e. The Balaban J connectivity index is 0.000000224. The first-order chi connectivity index (χ1) is 9.38. The Morgan fingerprint density at radius 2 is 1.89 bits per heavy atom. The number of hydrogen-bond acceptors (Lipinski definition) is 4. The van der Waals surface area contributed by atoms with Gasteiger partial charge in [0.1, 0.15) is 0 Å². The van der Waals surface area contributed by atoms with E-state index in [1.165, 1.54) is 0 Å². The fraction of sp³-hybridized carbons (Fsp3) is 0. The Kier molecular flexibility index (Phi) is 4.52. The van der Waals surface area contributed by atoms with Crippen LogP contribution in [0.25, 0.3) is 5.57 Å². The molecule has 5 nitrogen and oxygen atoms in total. The molecule has 0 saturated heterocycles. The van der Waals surface area contributed by atoms with Gasteiger partial charge in [-0.2, -0.15) is 0 Å². The highest BCUT2D eigenvalue weighted by Crippen LogP contribution is 2.17. The van der Waals surface area contributed by atoms with Gasteiger partial charge in [0, 0.05) is 24.2 Å². The quantitative estimate of drug-likeness (QED) is 0.759. The van der Waals surface area contributed by atoms with E-state index in [4.69, 9.17) is 0 Å². The molecule has 0 fully saturated rings. The van der Waals surface area contributed by atoms with Crippen molar-refractivity contribution in [2.45, 2.75) is 0 Å². The molecule has 3 rings (SSSR count). The number of rotatable bonds is 2. The molecule has 1 N–H and O–H groups in total. The van der Waals surface area contributed by atoms with Crippen LogP contribution in [0.1, 0.15) is 11.3 Å². The zero-order valence-corrected chi connectivity index (χ0v) is 10.3. The molecule has 0 unspecified atom stereocenters. The van der Waals surface area contributed by atoms with Crippen LogP contribution in [0, 0.1) is 0 Å². The maximum Gasteiger partial charge on any atom is 0.0885 e. The van der Waals surface area contributed by atoms with Crippen LogP contribution in [-0.2, 0) is 0 Å². The van der Waals surface area contributed by atoms with Gasteiger partial charge in [-0.3, -0.25) is 15.1 Å². The van der Waals surface area contributed by atoms with Crippen molar-refractivity contribution in [3.8, 4) is 0 Å². The summed E-state index contributed by atoms with van der Waals surface area (Å²) < 4.78 is 0. The lowest BCUT2D eigenvalue weighted by Gasteiger charge is -2.03. The smallest absolute Gasteiger partial charge is 0.0885 e. The number of H-pyrrole nitrogens is 1. The summed E-state index contributed by atoms with van der Waals surface area (Å²) in [5.41, 5.74) is 2.80. The van der Waals surface area contributed by atoms with Crippen molar-refractivity contribution < 1.29 is 0 Å². The van der Waals surface area contributed by atoms with Gasteiger partial charge in [0.05, 0.1) is 18.1 Å². The topological polar surface area (TPSA) is 67.3 Å². The van der Waals surface area contributed by atoms with Crippen molar-refractivity contribution in [1.29, 1.82) is 0 Å². The summed E-state index contributed by atoms with van der Waals surface area (Å²) in [7, 11) is 0. The van der Waals surface area contributed by atoms with Crippen molar-refractivity contribution >= 4 is 5.57 Å². The van der Waals surface area contributed by atoms with Gasteiger partial charge in [-0.05, 0) is 5.56 Å². The summed E-state index contributed by atoms with van der Waals surface area (Å²) >= 11 is 0. The maximum absolute atomic E-state index is 4.19. The number of nitrogens with one attached hydrogen (secondary N) is 1. The molecule has 1 aromatic carbocycles. The highest BCUT2D eigenvalue weighted by molar-refractivity contribution is 5.75. The molecule has 2 heterocycles. The van der Waals surface area contributed by atoms with Gasteiger partial charge in [0.15, 0.2) is 0 Å².